The van der Waals surface area contributed by atoms with E-state index in [2.05, 4.69) is 23.4 Å². The number of hydrogen-bond acceptors (Lipinski definition) is 2. The molecule has 6 heteroatoms. The van der Waals surface area contributed by atoms with E-state index in [9.17, 15) is 4.79 Å². The summed E-state index contributed by atoms with van der Waals surface area (Å²) >= 11 is 14.0. The highest BCUT2D eigenvalue weighted by Gasteiger charge is 2.23. The van der Waals surface area contributed by atoms with Crippen LogP contribution in [-0.4, -0.2) is 10.5 Å². The second kappa shape index (κ2) is 10.5. The molecule has 1 heterocycles. The Balaban J connectivity index is 1.86. The first-order valence-electron chi connectivity index (χ1n) is 10.9. The third-order valence-corrected chi connectivity index (χ3v) is 7.49. The lowest BCUT2D eigenvalue weighted by molar-refractivity contribution is -0.118. The molecule has 0 saturated carbocycles. The van der Waals surface area contributed by atoms with Gasteiger partial charge in [-0.05, 0) is 36.6 Å². The van der Waals surface area contributed by atoms with E-state index >= 15 is 0 Å². The Hall–Kier alpha value is -2.66. The molecule has 0 aliphatic rings. The molecule has 4 rings (SSSR count). The number of rotatable bonds is 6. The van der Waals surface area contributed by atoms with Gasteiger partial charge in [-0.3, -0.25) is 4.79 Å². The molecule has 0 radical (unpaired) electrons. The Bertz CT molecular complexity index is 1290. The molecule has 0 spiro atoms. The van der Waals surface area contributed by atoms with Crippen LogP contribution in [0.4, 0.5) is 0 Å². The minimum atomic E-state index is -0.460. The summed E-state index contributed by atoms with van der Waals surface area (Å²) in [6.07, 6.45) is 0.824. The second-order valence-electron chi connectivity index (χ2n) is 7.59. The van der Waals surface area contributed by atoms with E-state index in [1.165, 1.54) is 0 Å². The van der Waals surface area contributed by atoms with Crippen LogP contribution < -0.4 is 4.80 Å². The van der Waals surface area contributed by atoms with Crippen LogP contribution >= 0.6 is 34.5 Å². The molecule has 1 amide bonds. The molecule has 0 saturated heterocycles. The van der Waals surface area contributed by atoms with E-state index in [0.717, 1.165) is 33.7 Å². The number of thiazole rings is 1. The van der Waals surface area contributed by atoms with Crippen molar-refractivity contribution in [2.45, 2.75) is 32.7 Å². The molecular weight excluding hydrogens is 471 g/mol. The van der Waals surface area contributed by atoms with Gasteiger partial charge in [-0.1, -0.05) is 96.9 Å². The minimum Gasteiger partial charge on any atom is -0.316 e. The highest BCUT2D eigenvalue weighted by Crippen LogP contribution is 2.32. The number of carbonyl (C=O) groups excluding carboxylic acids is 1. The number of aryl methyl sites for hydroxylation is 1. The summed E-state index contributed by atoms with van der Waals surface area (Å²) in [6.45, 7) is 4.84. The fraction of sp³-hybridized carbons (Fsp3) is 0.185. The summed E-state index contributed by atoms with van der Waals surface area (Å²) in [5.74, 6) is -0.641. The Kier molecular flexibility index (Phi) is 7.49. The molecule has 3 aromatic carbocycles. The van der Waals surface area contributed by atoms with Crippen molar-refractivity contribution in [2.75, 3.05) is 0 Å². The Labute approximate surface area is 208 Å². The Morgan fingerprint density at radius 1 is 0.909 bits per heavy atom. The summed E-state index contributed by atoms with van der Waals surface area (Å²) in [4.78, 5) is 20.1. The van der Waals surface area contributed by atoms with Crippen LogP contribution in [0.2, 0.25) is 10.0 Å². The third-order valence-electron chi connectivity index (χ3n) is 5.53. The molecule has 168 valence electrons. The van der Waals surface area contributed by atoms with E-state index in [1.54, 1.807) is 17.4 Å². The summed E-state index contributed by atoms with van der Waals surface area (Å²) in [7, 11) is 0. The zero-order chi connectivity index (χ0) is 23.4. The summed E-state index contributed by atoms with van der Waals surface area (Å²) in [5, 5.41) is 1.03. The van der Waals surface area contributed by atoms with E-state index in [4.69, 9.17) is 23.2 Å². The number of carbonyl (C=O) groups is 1. The predicted molar refractivity (Wildman–Crippen MR) is 138 cm³/mol. The summed E-state index contributed by atoms with van der Waals surface area (Å²) < 4.78 is 2.09. The van der Waals surface area contributed by atoms with Crippen molar-refractivity contribution in [1.82, 2.24) is 4.57 Å². The van der Waals surface area contributed by atoms with Crippen LogP contribution in [0.3, 0.4) is 0 Å². The van der Waals surface area contributed by atoms with E-state index in [0.29, 0.717) is 21.4 Å². The lowest BCUT2D eigenvalue weighted by Crippen LogP contribution is -2.20. The number of halogens is 2. The van der Waals surface area contributed by atoms with Crippen molar-refractivity contribution in [3.05, 3.63) is 110 Å². The standard InChI is InChI=1S/C27H24Cl2N2OS/c1-3-23-25(20-15-16-21(28)22(29)17-20)31(4-2)27(33-23)30-26(32)24(18-11-7-5-8-12-18)19-13-9-6-10-14-19/h5-17,24H,3-4H2,1-2H3. The van der Waals surface area contributed by atoms with Crippen molar-refractivity contribution in [3.63, 3.8) is 0 Å². The van der Waals surface area contributed by atoms with Crippen molar-refractivity contribution in [2.24, 2.45) is 4.99 Å². The molecule has 0 unspecified atom stereocenters. The van der Waals surface area contributed by atoms with Crippen LogP contribution in [0.15, 0.2) is 83.9 Å². The molecule has 0 aliphatic carbocycles. The molecule has 4 aromatic rings. The van der Waals surface area contributed by atoms with Gasteiger partial charge < -0.3 is 4.57 Å². The third kappa shape index (κ3) is 4.98. The predicted octanol–water partition coefficient (Wildman–Crippen LogP) is 7.37. The average Bonchev–Trinajstić information content (AvgIpc) is 3.19. The molecule has 0 atom stereocenters. The van der Waals surface area contributed by atoms with Gasteiger partial charge in [0.1, 0.15) is 0 Å². The number of amides is 1. The van der Waals surface area contributed by atoms with Crippen molar-refractivity contribution in [3.8, 4) is 11.3 Å². The first-order chi connectivity index (χ1) is 16.0. The fourth-order valence-corrected chi connectivity index (χ4v) is 5.42. The average molecular weight is 495 g/mol. The molecule has 1 aromatic heterocycles. The van der Waals surface area contributed by atoms with Crippen molar-refractivity contribution in [1.29, 1.82) is 0 Å². The molecule has 33 heavy (non-hydrogen) atoms. The number of benzene rings is 3. The topological polar surface area (TPSA) is 34.4 Å². The van der Waals surface area contributed by atoms with E-state index in [-0.39, 0.29) is 5.91 Å². The summed E-state index contributed by atoms with van der Waals surface area (Å²) in [5.41, 5.74) is 3.86. The number of nitrogens with zero attached hydrogens (tertiary/aromatic N) is 2. The zero-order valence-corrected chi connectivity index (χ0v) is 20.8. The lowest BCUT2D eigenvalue weighted by atomic mass is 9.91. The highest BCUT2D eigenvalue weighted by molar-refractivity contribution is 7.09. The molecule has 0 aliphatic heterocycles. The molecule has 3 nitrogen and oxygen atoms in total. The van der Waals surface area contributed by atoms with E-state index < -0.39 is 5.92 Å². The van der Waals surface area contributed by atoms with Crippen LogP contribution in [0.1, 0.15) is 35.8 Å². The molecule has 0 bridgehead atoms. The zero-order valence-electron chi connectivity index (χ0n) is 18.5. The second-order valence-corrected chi connectivity index (χ2v) is 9.46. The van der Waals surface area contributed by atoms with Gasteiger partial charge in [0.2, 0.25) is 0 Å². The monoisotopic (exact) mass is 494 g/mol. The normalized spacial score (nSPS) is 11.8. The van der Waals surface area contributed by atoms with Gasteiger partial charge >= 0.3 is 0 Å². The van der Waals surface area contributed by atoms with Crippen LogP contribution in [-0.2, 0) is 17.8 Å². The van der Waals surface area contributed by atoms with Crippen LogP contribution in [0.5, 0.6) is 0 Å². The van der Waals surface area contributed by atoms with Gasteiger partial charge in [0, 0.05) is 17.0 Å². The fourth-order valence-electron chi connectivity index (χ4n) is 3.96. The van der Waals surface area contributed by atoms with Gasteiger partial charge in [0.05, 0.1) is 21.7 Å². The van der Waals surface area contributed by atoms with Gasteiger partial charge in [-0.25, -0.2) is 0 Å². The molecule has 0 N–H and O–H groups in total. The maximum absolute atomic E-state index is 13.6. The van der Waals surface area contributed by atoms with Gasteiger partial charge in [0.15, 0.2) is 4.80 Å². The quantitative estimate of drug-likeness (QED) is 0.275. The largest absolute Gasteiger partial charge is 0.316 e. The molecule has 0 fully saturated rings. The van der Waals surface area contributed by atoms with Gasteiger partial charge in [0.25, 0.3) is 5.91 Å². The maximum atomic E-state index is 13.6. The SMILES string of the molecule is CCc1sc(=NC(=O)C(c2ccccc2)c2ccccc2)n(CC)c1-c1ccc(Cl)c(Cl)c1. The first-order valence-corrected chi connectivity index (χ1v) is 12.5. The Morgan fingerprint density at radius 2 is 1.52 bits per heavy atom. The van der Waals surface area contributed by atoms with E-state index in [1.807, 2.05) is 72.8 Å². The number of hydrogen-bond donors (Lipinski definition) is 0. The highest BCUT2D eigenvalue weighted by atomic mass is 35.5. The van der Waals surface area contributed by atoms with Gasteiger partial charge in [-0.15, -0.1) is 11.3 Å². The van der Waals surface area contributed by atoms with Crippen LogP contribution in [0, 0.1) is 0 Å². The smallest absolute Gasteiger partial charge is 0.260 e. The maximum Gasteiger partial charge on any atom is 0.260 e. The molecular formula is C27H24Cl2N2OS. The summed E-state index contributed by atoms with van der Waals surface area (Å²) in [6, 6.07) is 25.3. The number of aromatic nitrogens is 1. The van der Waals surface area contributed by atoms with Crippen molar-refractivity contribution < 1.29 is 4.79 Å². The van der Waals surface area contributed by atoms with Gasteiger partial charge in [-0.2, -0.15) is 4.99 Å². The first kappa shape index (κ1) is 23.5. The minimum absolute atomic E-state index is 0.181. The Morgan fingerprint density at radius 3 is 2.03 bits per heavy atom. The van der Waals surface area contributed by atoms with Crippen molar-refractivity contribution >= 4 is 40.4 Å². The van der Waals surface area contributed by atoms with Crippen LogP contribution in [0.25, 0.3) is 11.3 Å². The lowest BCUT2D eigenvalue weighted by Gasteiger charge is -2.14.